The molecule has 82 valence electrons. The van der Waals surface area contributed by atoms with Crippen molar-refractivity contribution >= 4 is 12.0 Å². The predicted molar refractivity (Wildman–Crippen MR) is 53.2 cm³/mol. The maximum absolute atomic E-state index is 11.4. The van der Waals surface area contributed by atoms with E-state index in [4.69, 9.17) is 5.11 Å². The van der Waals surface area contributed by atoms with Crippen molar-refractivity contribution in [2.24, 2.45) is 0 Å². The van der Waals surface area contributed by atoms with Crippen molar-refractivity contribution < 1.29 is 14.7 Å². The van der Waals surface area contributed by atoms with E-state index in [1.807, 2.05) is 20.8 Å². The zero-order chi connectivity index (χ0) is 11.4. The Balaban J connectivity index is 4.14. The lowest BCUT2D eigenvalue weighted by Gasteiger charge is -2.27. The van der Waals surface area contributed by atoms with Gasteiger partial charge in [0.15, 0.2) is 0 Å². The second-order valence-corrected chi connectivity index (χ2v) is 3.92. The van der Waals surface area contributed by atoms with Crippen LogP contribution in [0.25, 0.3) is 0 Å². The molecule has 0 aromatic heterocycles. The summed E-state index contributed by atoms with van der Waals surface area (Å²) in [6.07, 6.45) is 0.791. The molecule has 0 aromatic rings. The molecule has 0 heterocycles. The standard InChI is InChI=1S/C9H18N2O3/c1-5-9(2,3)10-8(14)11(4)6-7(12)13/h5-6H2,1-4H3,(H,10,14)(H,12,13). The molecule has 2 amide bonds. The van der Waals surface area contributed by atoms with E-state index in [0.29, 0.717) is 0 Å². The number of nitrogens with one attached hydrogen (secondary N) is 1. The van der Waals surface area contributed by atoms with Crippen molar-refractivity contribution in [2.45, 2.75) is 32.7 Å². The fourth-order valence-electron chi connectivity index (χ4n) is 0.748. The van der Waals surface area contributed by atoms with Crippen LogP contribution in [0.5, 0.6) is 0 Å². The monoisotopic (exact) mass is 202 g/mol. The Morgan fingerprint density at radius 2 is 1.93 bits per heavy atom. The van der Waals surface area contributed by atoms with Crippen LogP contribution < -0.4 is 5.32 Å². The first-order valence-electron chi connectivity index (χ1n) is 4.53. The first kappa shape index (κ1) is 12.7. The van der Waals surface area contributed by atoms with Crippen molar-refractivity contribution in [1.82, 2.24) is 10.2 Å². The molecule has 0 aliphatic carbocycles. The highest BCUT2D eigenvalue weighted by Gasteiger charge is 2.20. The third kappa shape index (κ3) is 4.69. The van der Waals surface area contributed by atoms with Crippen LogP contribution in [0.2, 0.25) is 0 Å². The Labute approximate surface area is 84.1 Å². The van der Waals surface area contributed by atoms with Crippen LogP contribution in [0.4, 0.5) is 4.79 Å². The van der Waals surface area contributed by atoms with Gasteiger partial charge in [0, 0.05) is 12.6 Å². The van der Waals surface area contributed by atoms with E-state index in [1.54, 1.807) is 0 Å². The molecular formula is C9H18N2O3. The summed E-state index contributed by atoms with van der Waals surface area (Å²) < 4.78 is 0. The lowest BCUT2D eigenvalue weighted by Crippen LogP contribution is -2.49. The number of urea groups is 1. The molecule has 0 saturated carbocycles. The van der Waals surface area contributed by atoms with Gasteiger partial charge in [-0.25, -0.2) is 4.79 Å². The number of carboxylic acid groups (broad SMARTS) is 1. The van der Waals surface area contributed by atoms with Gasteiger partial charge in [-0.05, 0) is 20.3 Å². The summed E-state index contributed by atoms with van der Waals surface area (Å²) in [5.41, 5.74) is -0.302. The van der Waals surface area contributed by atoms with Crippen molar-refractivity contribution in [3.8, 4) is 0 Å². The first-order valence-corrected chi connectivity index (χ1v) is 4.53. The van der Waals surface area contributed by atoms with E-state index >= 15 is 0 Å². The van der Waals surface area contributed by atoms with Crippen LogP contribution in [0.3, 0.4) is 0 Å². The van der Waals surface area contributed by atoms with Crippen LogP contribution >= 0.6 is 0 Å². The lowest BCUT2D eigenvalue weighted by molar-refractivity contribution is -0.137. The quantitative estimate of drug-likeness (QED) is 0.711. The van der Waals surface area contributed by atoms with Crippen molar-refractivity contribution in [3.63, 3.8) is 0 Å². The summed E-state index contributed by atoms with van der Waals surface area (Å²) in [6, 6.07) is -0.362. The van der Waals surface area contributed by atoms with Gasteiger partial charge in [0.05, 0.1) is 0 Å². The minimum Gasteiger partial charge on any atom is -0.480 e. The zero-order valence-electron chi connectivity index (χ0n) is 9.13. The molecular weight excluding hydrogens is 184 g/mol. The number of carboxylic acids is 1. The third-order valence-electron chi connectivity index (χ3n) is 2.05. The molecule has 0 saturated heterocycles. The maximum atomic E-state index is 11.4. The summed E-state index contributed by atoms with van der Waals surface area (Å²) in [5, 5.41) is 11.2. The molecule has 0 aliphatic heterocycles. The number of aliphatic carboxylic acids is 1. The third-order valence-corrected chi connectivity index (χ3v) is 2.05. The molecule has 0 aliphatic rings. The molecule has 2 N–H and O–H groups in total. The van der Waals surface area contributed by atoms with Crippen LogP contribution in [0.15, 0.2) is 0 Å². The van der Waals surface area contributed by atoms with Gasteiger partial charge in [-0.1, -0.05) is 6.92 Å². The normalized spacial score (nSPS) is 10.9. The highest BCUT2D eigenvalue weighted by atomic mass is 16.4. The summed E-state index contributed by atoms with van der Waals surface area (Å²) in [7, 11) is 1.45. The number of likely N-dealkylation sites (N-methyl/N-ethyl adjacent to an activating group) is 1. The number of hydrogen-bond donors (Lipinski definition) is 2. The van der Waals surface area contributed by atoms with Crippen LogP contribution in [-0.4, -0.2) is 41.1 Å². The molecule has 5 heteroatoms. The molecule has 0 fully saturated rings. The van der Waals surface area contributed by atoms with Crippen molar-refractivity contribution in [2.75, 3.05) is 13.6 Å². The molecule has 5 nitrogen and oxygen atoms in total. The minimum atomic E-state index is -1.02. The summed E-state index contributed by atoms with van der Waals surface area (Å²) in [5.74, 6) is -1.02. The van der Waals surface area contributed by atoms with Gasteiger partial charge < -0.3 is 15.3 Å². The second-order valence-electron chi connectivity index (χ2n) is 3.92. The van der Waals surface area contributed by atoms with Gasteiger partial charge in [0.25, 0.3) is 0 Å². The topological polar surface area (TPSA) is 69.6 Å². The predicted octanol–water partition coefficient (Wildman–Crippen LogP) is 0.901. The Kier molecular flexibility index (Phi) is 4.40. The van der Waals surface area contributed by atoms with E-state index in [0.717, 1.165) is 11.3 Å². The van der Waals surface area contributed by atoms with Gasteiger partial charge in [-0.15, -0.1) is 0 Å². The molecule has 0 aromatic carbocycles. The SMILES string of the molecule is CCC(C)(C)NC(=O)N(C)CC(=O)O. The smallest absolute Gasteiger partial charge is 0.323 e. The van der Waals surface area contributed by atoms with E-state index in [1.165, 1.54) is 7.05 Å². The average Bonchev–Trinajstić information content (AvgIpc) is 2.02. The van der Waals surface area contributed by atoms with Gasteiger partial charge in [0.1, 0.15) is 6.54 Å². The van der Waals surface area contributed by atoms with Crippen molar-refractivity contribution in [1.29, 1.82) is 0 Å². The number of carbonyl (C=O) groups excluding carboxylic acids is 1. The maximum Gasteiger partial charge on any atom is 0.323 e. The Bertz CT molecular complexity index is 226. The van der Waals surface area contributed by atoms with Crippen LogP contribution in [0, 0.1) is 0 Å². The second kappa shape index (κ2) is 4.83. The van der Waals surface area contributed by atoms with Gasteiger partial charge in [0.2, 0.25) is 0 Å². The molecule has 0 spiro atoms. The van der Waals surface area contributed by atoms with Gasteiger partial charge >= 0.3 is 12.0 Å². The molecule has 0 rings (SSSR count). The summed E-state index contributed by atoms with van der Waals surface area (Å²) in [4.78, 5) is 22.9. The van der Waals surface area contributed by atoms with E-state index < -0.39 is 5.97 Å². The largest absolute Gasteiger partial charge is 0.480 e. The number of rotatable bonds is 4. The Hall–Kier alpha value is -1.26. The van der Waals surface area contributed by atoms with Gasteiger partial charge in [-0.2, -0.15) is 0 Å². The fourth-order valence-corrected chi connectivity index (χ4v) is 0.748. The highest BCUT2D eigenvalue weighted by molar-refractivity contribution is 5.80. The van der Waals surface area contributed by atoms with Crippen molar-refractivity contribution in [3.05, 3.63) is 0 Å². The van der Waals surface area contributed by atoms with E-state index in [-0.39, 0.29) is 18.1 Å². The summed E-state index contributed by atoms with van der Waals surface area (Å²) >= 11 is 0. The average molecular weight is 202 g/mol. The molecule has 0 atom stereocenters. The minimum absolute atomic E-state index is 0.286. The fraction of sp³-hybridized carbons (Fsp3) is 0.778. The zero-order valence-corrected chi connectivity index (χ0v) is 9.13. The number of amides is 2. The number of hydrogen-bond acceptors (Lipinski definition) is 2. The number of nitrogens with zero attached hydrogens (tertiary/aromatic N) is 1. The summed E-state index contributed by atoms with van der Waals surface area (Å²) in [6.45, 7) is 5.45. The number of carbonyl (C=O) groups is 2. The Morgan fingerprint density at radius 3 is 2.29 bits per heavy atom. The first-order chi connectivity index (χ1) is 6.28. The lowest BCUT2D eigenvalue weighted by atomic mass is 10.0. The molecule has 0 bridgehead atoms. The van der Waals surface area contributed by atoms with E-state index in [9.17, 15) is 9.59 Å². The van der Waals surface area contributed by atoms with E-state index in [2.05, 4.69) is 5.32 Å². The molecule has 0 radical (unpaired) electrons. The molecule has 0 unspecified atom stereocenters. The molecule has 14 heavy (non-hydrogen) atoms. The highest BCUT2D eigenvalue weighted by Crippen LogP contribution is 2.07. The Morgan fingerprint density at radius 1 is 1.43 bits per heavy atom. The van der Waals surface area contributed by atoms with Crippen LogP contribution in [-0.2, 0) is 4.79 Å². The van der Waals surface area contributed by atoms with Crippen LogP contribution in [0.1, 0.15) is 27.2 Å². The van der Waals surface area contributed by atoms with Gasteiger partial charge in [-0.3, -0.25) is 4.79 Å².